The van der Waals surface area contributed by atoms with Crippen LogP contribution in [0.25, 0.3) is 0 Å². The molecule has 3 nitrogen and oxygen atoms in total. The maximum Gasteiger partial charge on any atom is 0.104 e. The second-order valence-corrected chi connectivity index (χ2v) is 3.41. The van der Waals surface area contributed by atoms with Gasteiger partial charge in [-0.1, -0.05) is 13.8 Å². The third kappa shape index (κ3) is 5.24. The number of ether oxygens (including phenoxy) is 2. The molecule has 1 atom stereocenters. The molecule has 0 saturated carbocycles. The van der Waals surface area contributed by atoms with Gasteiger partial charge in [-0.05, 0) is 19.5 Å². The van der Waals surface area contributed by atoms with Gasteiger partial charge in [0.05, 0.1) is 13.2 Å². The minimum absolute atomic E-state index is 0.411. The van der Waals surface area contributed by atoms with Crippen LogP contribution >= 0.6 is 0 Å². The molecule has 1 fully saturated rings. The van der Waals surface area contributed by atoms with Crippen molar-refractivity contribution in [2.24, 2.45) is 0 Å². The van der Waals surface area contributed by atoms with Gasteiger partial charge in [-0.2, -0.15) is 0 Å². The molecule has 1 heterocycles. The van der Waals surface area contributed by atoms with Crippen molar-refractivity contribution in [3.63, 3.8) is 0 Å². The lowest BCUT2D eigenvalue weighted by Gasteiger charge is -2.17. The Morgan fingerprint density at radius 3 is 2.62 bits per heavy atom. The van der Waals surface area contributed by atoms with Crippen molar-refractivity contribution in [2.75, 3.05) is 39.5 Å². The Kier molecular flexibility index (Phi) is 5.35. The molecule has 0 radical (unpaired) electrons. The lowest BCUT2D eigenvalue weighted by atomic mass is 10.4. The fourth-order valence-corrected chi connectivity index (χ4v) is 1.31. The van der Waals surface area contributed by atoms with E-state index in [0.717, 1.165) is 45.9 Å². The highest BCUT2D eigenvalue weighted by atomic mass is 16.6. The summed E-state index contributed by atoms with van der Waals surface area (Å²) in [6.07, 6.45) is 1.54. The van der Waals surface area contributed by atoms with E-state index in [0.29, 0.717) is 6.10 Å². The zero-order chi connectivity index (χ0) is 9.52. The van der Waals surface area contributed by atoms with Crippen molar-refractivity contribution in [1.29, 1.82) is 0 Å². The van der Waals surface area contributed by atoms with Gasteiger partial charge in [0.2, 0.25) is 0 Å². The Labute approximate surface area is 81.0 Å². The standard InChI is InChI=1S/C10H21NO2/c1-3-11(4-2)6-5-7-12-8-10-9-13-10/h10H,3-9H2,1-2H3. The third-order valence-electron chi connectivity index (χ3n) is 2.36. The molecule has 1 aliphatic rings. The van der Waals surface area contributed by atoms with Crippen LogP contribution in [0.2, 0.25) is 0 Å². The summed E-state index contributed by atoms with van der Waals surface area (Å²) >= 11 is 0. The van der Waals surface area contributed by atoms with Crippen molar-refractivity contribution in [3.05, 3.63) is 0 Å². The van der Waals surface area contributed by atoms with Gasteiger partial charge in [0.1, 0.15) is 6.10 Å². The number of hydrogen-bond acceptors (Lipinski definition) is 3. The second kappa shape index (κ2) is 6.35. The average Bonchev–Trinajstić information content (AvgIpc) is 2.95. The van der Waals surface area contributed by atoms with E-state index in [1.807, 2.05) is 0 Å². The molecule has 0 spiro atoms. The normalized spacial score (nSPS) is 21.0. The second-order valence-electron chi connectivity index (χ2n) is 3.41. The van der Waals surface area contributed by atoms with Crippen LogP contribution in [-0.4, -0.2) is 50.5 Å². The summed E-state index contributed by atoms with van der Waals surface area (Å²) in [5, 5.41) is 0. The van der Waals surface area contributed by atoms with Crippen molar-refractivity contribution < 1.29 is 9.47 Å². The smallest absolute Gasteiger partial charge is 0.104 e. The summed E-state index contributed by atoms with van der Waals surface area (Å²) in [5.74, 6) is 0. The lowest BCUT2D eigenvalue weighted by Crippen LogP contribution is -2.25. The summed E-state index contributed by atoms with van der Waals surface area (Å²) in [6, 6.07) is 0. The van der Waals surface area contributed by atoms with E-state index in [4.69, 9.17) is 9.47 Å². The summed E-state index contributed by atoms with van der Waals surface area (Å²) in [4.78, 5) is 2.41. The first kappa shape index (κ1) is 11.0. The molecule has 0 amide bonds. The van der Waals surface area contributed by atoms with Gasteiger partial charge in [-0.3, -0.25) is 0 Å². The number of rotatable bonds is 8. The highest BCUT2D eigenvalue weighted by Gasteiger charge is 2.21. The Balaban J connectivity index is 1.81. The number of epoxide rings is 1. The van der Waals surface area contributed by atoms with E-state index in [2.05, 4.69) is 18.7 Å². The molecular weight excluding hydrogens is 166 g/mol. The SMILES string of the molecule is CCN(CC)CCCOCC1CO1. The van der Waals surface area contributed by atoms with E-state index < -0.39 is 0 Å². The van der Waals surface area contributed by atoms with Crippen LogP contribution in [0.4, 0.5) is 0 Å². The zero-order valence-corrected chi connectivity index (χ0v) is 8.79. The van der Waals surface area contributed by atoms with Gasteiger partial charge in [-0.25, -0.2) is 0 Å². The predicted molar refractivity (Wildman–Crippen MR) is 53.0 cm³/mol. The Morgan fingerprint density at radius 1 is 1.38 bits per heavy atom. The van der Waals surface area contributed by atoms with E-state index in [-0.39, 0.29) is 0 Å². The van der Waals surface area contributed by atoms with Crippen molar-refractivity contribution in [3.8, 4) is 0 Å². The quantitative estimate of drug-likeness (QED) is 0.421. The topological polar surface area (TPSA) is 25.0 Å². The molecule has 1 unspecified atom stereocenters. The van der Waals surface area contributed by atoms with Gasteiger partial charge in [0.25, 0.3) is 0 Å². The Morgan fingerprint density at radius 2 is 2.08 bits per heavy atom. The molecular formula is C10H21NO2. The molecule has 0 N–H and O–H groups in total. The maximum absolute atomic E-state index is 5.45. The molecule has 0 aromatic rings. The van der Waals surface area contributed by atoms with Crippen molar-refractivity contribution >= 4 is 0 Å². The maximum atomic E-state index is 5.45. The number of nitrogens with zero attached hydrogens (tertiary/aromatic N) is 1. The molecule has 1 aliphatic heterocycles. The monoisotopic (exact) mass is 187 g/mol. The summed E-state index contributed by atoms with van der Waals surface area (Å²) in [6.45, 7) is 10.4. The largest absolute Gasteiger partial charge is 0.379 e. The van der Waals surface area contributed by atoms with Crippen LogP contribution in [-0.2, 0) is 9.47 Å². The minimum atomic E-state index is 0.411. The number of hydrogen-bond donors (Lipinski definition) is 0. The van der Waals surface area contributed by atoms with Crippen LogP contribution in [0.3, 0.4) is 0 Å². The molecule has 0 aromatic carbocycles. The summed E-state index contributed by atoms with van der Waals surface area (Å²) in [5.41, 5.74) is 0. The van der Waals surface area contributed by atoms with E-state index in [9.17, 15) is 0 Å². The van der Waals surface area contributed by atoms with E-state index in [1.165, 1.54) is 0 Å². The van der Waals surface area contributed by atoms with Crippen molar-refractivity contribution in [1.82, 2.24) is 4.90 Å². The molecule has 0 aliphatic carbocycles. The van der Waals surface area contributed by atoms with Crippen LogP contribution in [0.15, 0.2) is 0 Å². The average molecular weight is 187 g/mol. The highest BCUT2D eigenvalue weighted by molar-refractivity contribution is 4.67. The predicted octanol–water partition coefficient (Wildman–Crippen LogP) is 1.13. The highest BCUT2D eigenvalue weighted by Crippen LogP contribution is 2.08. The first-order valence-electron chi connectivity index (χ1n) is 5.28. The fraction of sp³-hybridized carbons (Fsp3) is 1.00. The third-order valence-corrected chi connectivity index (χ3v) is 2.36. The van der Waals surface area contributed by atoms with Gasteiger partial charge in [0.15, 0.2) is 0 Å². The van der Waals surface area contributed by atoms with Gasteiger partial charge in [0, 0.05) is 13.2 Å². The Bertz CT molecular complexity index is 122. The van der Waals surface area contributed by atoms with E-state index in [1.54, 1.807) is 0 Å². The molecule has 0 aromatic heterocycles. The van der Waals surface area contributed by atoms with E-state index >= 15 is 0 Å². The lowest BCUT2D eigenvalue weighted by molar-refractivity contribution is 0.106. The molecule has 3 heteroatoms. The van der Waals surface area contributed by atoms with Crippen LogP contribution in [0, 0.1) is 0 Å². The molecule has 1 saturated heterocycles. The molecule has 0 bridgehead atoms. The van der Waals surface area contributed by atoms with Crippen LogP contribution in [0.1, 0.15) is 20.3 Å². The van der Waals surface area contributed by atoms with Crippen LogP contribution < -0.4 is 0 Å². The zero-order valence-electron chi connectivity index (χ0n) is 8.79. The van der Waals surface area contributed by atoms with Crippen molar-refractivity contribution in [2.45, 2.75) is 26.4 Å². The summed E-state index contributed by atoms with van der Waals surface area (Å²) in [7, 11) is 0. The van der Waals surface area contributed by atoms with Gasteiger partial charge >= 0.3 is 0 Å². The van der Waals surface area contributed by atoms with Gasteiger partial charge in [-0.15, -0.1) is 0 Å². The molecule has 1 rings (SSSR count). The minimum Gasteiger partial charge on any atom is -0.379 e. The molecule has 13 heavy (non-hydrogen) atoms. The summed E-state index contributed by atoms with van der Waals surface area (Å²) < 4.78 is 10.5. The van der Waals surface area contributed by atoms with Crippen LogP contribution in [0.5, 0.6) is 0 Å². The van der Waals surface area contributed by atoms with Gasteiger partial charge < -0.3 is 14.4 Å². The fourth-order valence-electron chi connectivity index (χ4n) is 1.31. The first-order valence-corrected chi connectivity index (χ1v) is 5.28. The Hall–Kier alpha value is -0.120. The first-order chi connectivity index (χ1) is 6.36. The molecule has 78 valence electrons.